The maximum atomic E-state index is 5.69. The lowest BCUT2D eigenvalue weighted by atomic mass is 9.96. The van der Waals surface area contributed by atoms with E-state index in [1.54, 1.807) is 0 Å². The predicted molar refractivity (Wildman–Crippen MR) is 47.3 cm³/mol. The minimum atomic E-state index is -0.0310. The molecule has 0 radical (unpaired) electrons. The molecule has 0 aliphatic heterocycles. The number of halogens is 2. The second-order valence-corrected chi connectivity index (χ2v) is 4.18. The van der Waals surface area contributed by atoms with Crippen molar-refractivity contribution in [3.05, 3.63) is 16.1 Å². The first kappa shape index (κ1) is 8.88. The zero-order valence-electron chi connectivity index (χ0n) is 6.70. The Morgan fingerprint density at radius 2 is 1.82 bits per heavy atom. The van der Waals surface area contributed by atoms with Crippen LogP contribution in [0.1, 0.15) is 26.6 Å². The topological polar surface area (TPSA) is 28.7 Å². The molecule has 11 heavy (non-hydrogen) atoms. The van der Waals surface area contributed by atoms with Crippen molar-refractivity contribution in [3.8, 4) is 0 Å². The fourth-order valence-corrected chi connectivity index (χ4v) is 0.949. The number of nitrogens with zero attached hydrogens (tertiary/aromatic N) is 1. The molecule has 0 saturated heterocycles. The Bertz CT molecular complexity index is 240. The van der Waals surface area contributed by atoms with E-state index >= 15 is 0 Å². The van der Waals surface area contributed by atoms with E-state index < -0.39 is 0 Å². The first-order valence-corrected chi connectivity index (χ1v) is 4.08. The van der Waals surface area contributed by atoms with Gasteiger partial charge in [0.15, 0.2) is 5.15 Å². The molecule has 0 fully saturated rings. The number of rotatable bonds is 0. The van der Waals surface area contributed by atoms with Crippen molar-refractivity contribution in [2.24, 2.45) is 0 Å². The third kappa shape index (κ3) is 1.88. The van der Waals surface area contributed by atoms with Gasteiger partial charge < -0.3 is 4.98 Å². The molecule has 1 aromatic rings. The van der Waals surface area contributed by atoms with Crippen molar-refractivity contribution >= 4 is 23.2 Å². The van der Waals surface area contributed by atoms with Crippen LogP contribution in [-0.2, 0) is 5.41 Å². The summed E-state index contributed by atoms with van der Waals surface area (Å²) >= 11 is 11.3. The highest BCUT2D eigenvalue weighted by atomic mass is 35.5. The van der Waals surface area contributed by atoms with Crippen LogP contribution < -0.4 is 0 Å². The standard InChI is InChI=1S/C7H10Cl2N2/c1-7(2,3)6-10-4(8)5(9)11-6/h1-3H3,(H,10,11). The van der Waals surface area contributed by atoms with Crippen LogP contribution in [0.3, 0.4) is 0 Å². The maximum absolute atomic E-state index is 5.69. The number of hydrogen-bond donors (Lipinski definition) is 1. The highest BCUT2D eigenvalue weighted by Gasteiger charge is 2.19. The molecule has 0 saturated carbocycles. The highest BCUT2D eigenvalue weighted by Crippen LogP contribution is 2.25. The Balaban J connectivity index is 3.08. The molecule has 0 unspecified atom stereocenters. The second kappa shape index (κ2) is 2.68. The predicted octanol–water partition coefficient (Wildman–Crippen LogP) is 3.01. The Labute approximate surface area is 75.9 Å². The van der Waals surface area contributed by atoms with Crippen LogP contribution in [-0.4, -0.2) is 9.97 Å². The van der Waals surface area contributed by atoms with Crippen LogP contribution in [0.4, 0.5) is 0 Å². The van der Waals surface area contributed by atoms with E-state index in [2.05, 4.69) is 9.97 Å². The minimum absolute atomic E-state index is 0.0310. The summed E-state index contributed by atoms with van der Waals surface area (Å²) in [4.78, 5) is 6.97. The Kier molecular flexibility index (Phi) is 2.17. The third-order valence-corrected chi connectivity index (χ3v) is 1.97. The number of aromatic nitrogens is 2. The number of nitrogens with one attached hydrogen (secondary N) is 1. The van der Waals surface area contributed by atoms with Gasteiger partial charge >= 0.3 is 0 Å². The molecule has 2 nitrogen and oxygen atoms in total. The normalized spacial score (nSPS) is 12.1. The fraction of sp³-hybridized carbons (Fsp3) is 0.571. The molecule has 62 valence electrons. The summed E-state index contributed by atoms with van der Waals surface area (Å²) in [7, 11) is 0. The molecule has 0 aliphatic rings. The summed E-state index contributed by atoms with van der Waals surface area (Å²) < 4.78 is 0. The van der Waals surface area contributed by atoms with Gasteiger partial charge in [0.2, 0.25) is 0 Å². The van der Waals surface area contributed by atoms with Gasteiger partial charge in [-0.3, -0.25) is 0 Å². The highest BCUT2D eigenvalue weighted by molar-refractivity contribution is 6.40. The van der Waals surface area contributed by atoms with Crippen LogP contribution in [0.25, 0.3) is 0 Å². The summed E-state index contributed by atoms with van der Waals surface area (Å²) in [6.45, 7) is 6.12. The smallest absolute Gasteiger partial charge is 0.166 e. The van der Waals surface area contributed by atoms with E-state index in [4.69, 9.17) is 23.2 Å². The van der Waals surface area contributed by atoms with E-state index in [0.717, 1.165) is 5.82 Å². The maximum Gasteiger partial charge on any atom is 0.166 e. The summed E-state index contributed by atoms with van der Waals surface area (Å²) in [5.74, 6) is 0.813. The van der Waals surface area contributed by atoms with E-state index in [1.165, 1.54) is 0 Å². The first-order chi connectivity index (χ1) is 4.91. The molecule has 1 N–H and O–H groups in total. The van der Waals surface area contributed by atoms with Crippen LogP contribution in [0.2, 0.25) is 10.3 Å². The largest absolute Gasteiger partial charge is 0.331 e. The third-order valence-electron chi connectivity index (χ3n) is 1.33. The first-order valence-electron chi connectivity index (χ1n) is 3.33. The zero-order chi connectivity index (χ0) is 8.65. The molecule has 0 aliphatic carbocycles. The molecular formula is C7H10Cl2N2. The quantitative estimate of drug-likeness (QED) is 0.673. The van der Waals surface area contributed by atoms with Gasteiger partial charge in [-0.2, -0.15) is 0 Å². The molecule has 0 amide bonds. The molecule has 4 heteroatoms. The fourth-order valence-electron chi connectivity index (χ4n) is 0.686. The average molecular weight is 193 g/mol. The van der Waals surface area contributed by atoms with Crippen LogP contribution in [0.15, 0.2) is 0 Å². The lowest BCUT2D eigenvalue weighted by molar-refractivity contribution is 0.552. The monoisotopic (exact) mass is 192 g/mol. The van der Waals surface area contributed by atoms with Gasteiger partial charge in [0.05, 0.1) is 0 Å². The van der Waals surface area contributed by atoms with Crippen molar-refractivity contribution < 1.29 is 0 Å². The summed E-state index contributed by atoms with van der Waals surface area (Å²) in [5, 5.41) is 0.758. The van der Waals surface area contributed by atoms with Crippen LogP contribution >= 0.6 is 23.2 Å². The van der Waals surface area contributed by atoms with Gasteiger partial charge in [-0.1, -0.05) is 44.0 Å². The van der Waals surface area contributed by atoms with Gasteiger partial charge in [-0.25, -0.2) is 4.98 Å². The van der Waals surface area contributed by atoms with Gasteiger partial charge in [-0.05, 0) is 0 Å². The molecule has 0 aromatic carbocycles. The Hall–Kier alpha value is -0.210. The second-order valence-electron chi connectivity index (χ2n) is 3.44. The summed E-state index contributed by atoms with van der Waals surface area (Å²) in [5.41, 5.74) is -0.0310. The molecule has 0 atom stereocenters. The van der Waals surface area contributed by atoms with Gasteiger partial charge in [0.1, 0.15) is 11.0 Å². The number of H-pyrrole nitrogens is 1. The van der Waals surface area contributed by atoms with Gasteiger partial charge in [0, 0.05) is 5.41 Å². The minimum Gasteiger partial charge on any atom is -0.331 e. The molecule has 0 spiro atoms. The van der Waals surface area contributed by atoms with E-state index in [-0.39, 0.29) is 5.41 Å². The van der Waals surface area contributed by atoms with Crippen molar-refractivity contribution in [3.63, 3.8) is 0 Å². The average Bonchev–Trinajstić information content (AvgIpc) is 2.11. The van der Waals surface area contributed by atoms with Gasteiger partial charge in [-0.15, -0.1) is 0 Å². The molecule has 1 rings (SSSR count). The van der Waals surface area contributed by atoms with Crippen molar-refractivity contribution in [1.82, 2.24) is 9.97 Å². The SMILES string of the molecule is CC(C)(C)c1nc(Cl)c(Cl)[nH]1. The zero-order valence-corrected chi connectivity index (χ0v) is 8.22. The summed E-state index contributed by atoms with van der Waals surface area (Å²) in [6.07, 6.45) is 0. The summed E-state index contributed by atoms with van der Waals surface area (Å²) in [6, 6.07) is 0. The molecule has 1 aromatic heterocycles. The Morgan fingerprint density at radius 1 is 1.27 bits per heavy atom. The number of imidazole rings is 1. The van der Waals surface area contributed by atoms with Crippen molar-refractivity contribution in [1.29, 1.82) is 0 Å². The lowest BCUT2D eigenvalue weighted by Crippen LogP contribution is -2.13. The molecule has 0 bridgehead atoms. The van der Waals surface area contributed by atoms with Crippen molar-refractivity contribution in [2.75, 3.05) is 0 Å². The van der Waals surface area contributed by atoms with E-state index in [1.807, 2.05) is 20.8 Å². The number of aromatic amines is 1. The Morgan fingerprint density at radius 3 is 2.00 bits per heavy atom. The molecule has 1 heterocycles. The van der Waals surface area contributed by atoms with Crippen LogP contribution in [0, 0.1) is 0 Å². The van der Waals surface area contributed by atoms with Crippen molar-refractivity contribution in [2.45, 2.75) is 26.2 Å². The van der Waals surface area contributed by atoms with Gasteiger partial charge in [0.25, 0.3) is 0 Å². The number of hydrogen-bond acceptors (Lipinski definition) is 1. The van der Waals surface area contributed by atoms with E-state index in [0.29, 0.717) is 10.3 Å². The van der Waals surface area contributed by atoms with E-state index in [9.17, 15) is 0 Å². The van der Waals surface area contributed by atoms with Crippen LogP contribution in [0.5, 0.6) is 0 Å². The lowest BCUT2D eigenvalue weighted by Gasteiger charge is -2.13. The molecular weight excluding hydrogens is 183 g/mol.